The summed E-state index contributed by atoms with van der Waals surface area (Å²) in [4.78, 5) is 22.9. The summed E-state index contributed by atoms with van der Waals surface area (Å²) >= 11 is 0. The number of carbonyl (C=O) groups excluding carboxylic acids is 1. The molecule has 0 fully saturated rings. The van der Waals surface area contributed by atoms with Crippen LogP contribution in [0.4, 0.5) is 0 Å². The van der Waals surface area contributed by atoms with Gasteiger partial charge in [0, 0.05) is 13.0 Å². The predicted octanol–water partition coefficient (Wildman–Crippen LogP) is 14.2. The molecule has 2 atom stereocenters. The number of carbonyl (C=O) groups is 1. The van der Waals surface area contributed by atoms with Crippen molar-refractivity contribution < 1.29 is 37.3 Å². The van der Waals surface area contributed by atoms with Crippen LogP contribution in [0.15, 0.2) is 36.5 Å². The molecule has 0 spiro atoms. The van der Waals surface area contributed by atoms with E-state index in [4.69, 9.17) is 18.5 Å². The minimum absolute atomic E-state index is 0.0858. The Kier molecular flexibility index (Phi) is 40.5. The molecule has 9 heteroatoms. The van der Waals surface area contributed by atoms with E-state index < -0.39 is 13.9 Å². The molecule has 0 aromatic heterocycles. The highest BCUT2D eigenvalue weighted by molar-refractivity contribution is 7.47. The maximum absolute atomic E-state index is 12.7. The van der Waals surface area contributed by atoms with Crippen LogP contribution in [-0.2, 0) is 27.9 Å². The van der Waals surface area contributed by atoms with Gasteiger partial charge < -0.3 is 18.9 Å². The van der Waals surface area contributed by atoms with E-state index in [0.29, 0.717) is 24.1 Å². The number of nitrogens with zero attached hydrogens (tertiary/aromatic N) is 1. The summed E-state index contributed by atoms with van der Waals surface area (Å²) < 4.78 is 35.1. The van der Waals surface area contributed by atoms with Crippen LogP contribution >= 0.6 is 7.82 Å². The van der Waals surface area contributed by atoms with Gasteiger partial charge in [-0.1, -0.05) is 192 Å². The maximum Gasteiger partial charge on any atom is 0.472 e. The van der Waals surface area contributed by atoms with Crippen LogP contribution in [0, 0.1) is 0 Å². The molecule has 0 bridgehead atoms. The van der Waals surface area contributed by atoms with Crippen LogP contribution in [0.5, 0.6) is 0 Å². The SMILES string of the molecule is CC/C=C\C/C=C\C/C=C\CCCCCCCC(=O)O[C@H](COCCCCCCCCCCCCCCCCCCCCCC)COP(=O)(O)OCC[N+](C)(C)C. The molecule has 0 aliphatic heterocycles. The second kappa shape index (κ2) is 41.5. The van der Waals surface area contributed by atoms with Gasteiger partial charge in [0.05, 0.1) is 34.4 Å². The molecule has 0 aliphatic rings. The smallest absolute Gasteiger partial charge is 0.457 e. The Balaban J connectivity index is 4.16. The van der Waals surface area contributed by atoms with Gasteiger partial charge in [-0.3, -0.25) is 13.8 Å². The summed E-state index contributed by atoms with van der Waals surface area (Å²) in [6.45, 7) is 5.52. The molecular formula is C48H93NO7P+. The molecule has 0 aliphatic carbocycles. The second-order valence-electron chi connectivity index (χ2n) is 17.1. The molecule has 0 aromatic rings. The van der Waals surface area contributed by atoms with Crippen molar-refractivity contribution in [3.8, 4) is 0 Å². The zero-order valence-electron chi connectivity index (χ0n) is 38.1. The van der Waals surface area contributed by atoms with E-state index in [9.17, 15) is 14.3 Å². The molecule has 0 heterocycles. The summed E-state index contributed by atoms with van der Waals surface area (Å²) in [6.07, 6.45) is 49.0. The number of esters is 1. The fraction of sp³-hybridized carbons (Fsp3) is 0.854. The number of hydrogen-bond acceptors (Lipinski definition) is 6. The second-order valence-corrected chi connectivity index (χ2v) is 18.6. The Morgan fingerprint density at radius 3 is 1.53 bits per heavy atom. The average Bonchev–Trinajstić information content (AvgIpc) is 3.16. The number of quaternary nitrogens is 1. The Morgan fingerprint density at radius 2 is 1.02 bits per heavy atom. The summed E-state index contributed by atoms with van der Waals surface area (Å²) in [5, 5.41) is 0. The van der Waals surface area contributed by atoms with Gasteiger partial charge in [-0.05, 0) is 44.9 Å². The van der Waals surface area contributed by atoms with Gasteiger partial charge in [-0.25, -0.2) is 4.57 Å². The quantitative estimate of drug-likeness (QED) is 0.0215. The zero-order valence-corrected chi connectivity index (χ0v) is 39.0. The fourth-order valence-electron chi connectivity index (χ4n) is 6.57. The summed E-state index contributed by atoms with van der Waals surface area (Å²) in [7, 11) is 1.66. The van der Waals surface area contributed by atoms with E-state index in [-0.39, 0.29) is 25.8 Å². The number of phosphoric ester groups is 1. The third kappa shape index (κ3) is 45.7. The van der Waals surface area contributed by atoms with Gasteiger partial charge in [0.25, 0.3) is 0 Å². The lowest BCUT2D eigenvalue weighted by Crippen LogP contribution is -2.37. The maximum atomic E-state index is 12.7. The number of ether oxygens (including phenoxy) is 2. The van der Waals surface area contributed by atoms with Crippen molar-refractivity contribution in [3.63, 3.8) is 0 Å². The third-order valence-electron chi connectivity index (χ3n) is 10.2. The van der Waals surface area contributed by atoms with E-state index in [0.717, 1.165) is 70.6 Å². The van der Waals surface area contributed by atoms with Crippen molar-refractivity contribution in [2.75, 3.05) is 54.1 Å². The third-order valence-corrected chi connectivity index (χ3v) is 11.2. The molecule has 0 rings (SSSR count). The standard InChI is InChI=1S/C48H92NO7P/c1-6-8-10-12-14-16-18-20-22-23-24-25-26-28-30-32-34-36-38-40-43-53-45-47(46-55-57(51,52)54-44-42-49(3,4)5)56-48(50)41-39-37-35-33-31-29-27-21-19-17-15-13-11-9-7-2/h9,11,15,17,21,27,47H,6-8,10,12-14,16,18-20,22-26,28-46H2,1-5H3/p+1/b11-9-,17-15-,27-21-/t47-/m1/s1. The number of allylic oxidation sites excluding steroid dienone is 6. The molecule has 1 unspecified atom stereocenters. The molecule has 0 aromatic carbocycles. The van der Waals surface area contributed by atoms with Crippen LogP contribution in [0.1, 0.15) is 206 Å². The van der Waals surface area contributed by atoms with Gasteiger partial charge in [0.2, 0.25) is 0 Å². The number of phosphoric acid groups is 1. The molecule has 336 valence electrons. The number of hydrogen-bond donors (Lipinski definition) is 1. The van der Waals surface area contributed by atoms with E-state index in [1.54, 1.807) is 0 Å². The molecule has 0 radical (unpaired) electrons. The summed E-state index contributed by atoms with van der Waals surface area (Å²) in [5.41, 5.74) is 0. The molecular weight excluding hydrogens is 734 g/mol. The van der Waals surface area contributed by atoms with Gasteiger partial charge in [-0.15, -0.1) is 0 Å². The van der Waals surface area contributed by atoms with Gasteiger partial charge in [-0.2, -0.15) is 0 Å². The van der Waals surface area contributed by atoms with Gasteiger partial charge in [0.15, 0.2) is 0 Å². The highest BCUT2D eigenvalue weighted by atomic mass is 31.2. The monoisotopic (exact) mass is 827 g/mol. The van der Waals surface area contributed by atoms with Crippen LogP contribution in [0.3, 0.4) is 0 Å². The molecule has 1 N–H and O–H groups in total. The first-order chi connectivity index (χ1) is 27.6. The first-order valence-electron chi connectivity index (χ1n) is 23.7. The van der Waals surface area contributed by atoms with Crippen molar-refractivity contribution in [2.45, 2.75) is 213 Å². The predicted molar refractivity (Wildman–Crippen MR) is 243 cm³/mol. The lowest BCUT2D eigenvalue weighted by Gasteiger charge is -2.24. The lowest BCUT2D eigenvalue weighted by molar-refractivity contribution is -0.870. The first-order valence-corrected chi connectivity index (χ1v) is 25.2. The van der Waals surface area contributed by atoms with E-state index in [2.05, 4.69) is 50.3 Å². The Labute approximate surface area is 353 Å². The highest BCUT2D eigenvalue weighted by Crippen LogP contribution is 2.43. The topological polar surface area (TPSA) is 91.3 Å². The first kappa shape index (κ1) is 55.7. The summed E-state index contributed by atoms with van der Waals surface area (Å²) in [6, 6.07) is 0. The Morgan fingerprint density at radius 1 is 0.561 bits per heavy atom. The van der Waals surface area contributed by atoms with Crippen LogP contribution < -0.4 is 0 Å². The number of unbranched alkanes of at least 4 members (excludes halogenated alkanes) is 24. The summed E-state index contributed by atoms with van der Waals surface area (Å²) in [5.74, 6) is -0.328. The highest BCUT2D eigenvalue weighted by Gasteiger charge is 2.26. The van der Waals surface area contributed by atoms with Gasteiger partial charge in [0.1, 0.15) is 19.3 Å². The van der Waals surface area contributed by atoms with E-state index in [1.807, 2.05) is 21.1 Å². The Bertz CT molecular complexity index is 1010. The van der Waals surface area contributed by atoms with Crippen LogP contribution in [-0.4, -0.2) is 75.6 Å². The van der Waals surface area contributed by atoms with Crippen molar-refractivity contribution in [1.82, 2.24) is 0 Å². The zero-order chi connectivity index (χ0) is 42.0. The minimum Gasteiger partial charge on any atom is -0.457 e. The molecule has 8 nitrogen and oxygen atoms in total. The molecule has 0 saturated carbocycles. The van der Waals surface area contributed by atoms with Crippen LogP contribution in [0.25, 0.3) is 0 Å². The number of rotatable bonds is 44. The fourth-order valence-corrected chi connectivity index (χ4v) is 7.31. The largest absolute Gasteiger partial charge is 0.472 e. The average molecular weight is 827 g/mol. The molecule has 57 heavy (non-hydrogen) atoms. The molecule has 0 saturated heterocycles. The van der Waals surface area contributed by atoms with Crippen LogP contribution in [0.2, 0.25) is 0 Å². The van der Waals surface area contributed by atoms with Crippen molar-refractivity contribution in [1.29, 1.82) is 0 Å². The molecule has 0 amide bonds. The normalized spacial score (nSPS) is 14.0. The van der Waals surface area contributed by atoms with Gasteiger partial charge >= 0.3 is 13.8 Å². The lowest BCUT2D eigenvalue weighted by atomic mass is 10.0. The van der Waals surface area contributed by atoms with E-state index in [1.165, 1.54) is 116 Å². The number of likely N-dealkylation sites (N-methyl/N-ethyl adjacent to an activating group) is 1. The van der Waals surface area contributed by atoms with Crippen molar-refractivity contribution in [3.05, 3.63) is 36.5 Å². The van der Waals surface area contributed by atoms with Crippen molar-refractivity contribution in [2.24, 2.45) is 0 Å². The van der Waals surface area contributed by atoms with E-state index >= 15 is 0 Å². The minimum atomic E-state index is -4.28. The van der Waals surface area contributed by atoms with Crippen molar-refractivity contribution >= 4 is 13.8 Å². The Hall–Kier alpha value is -1.28.